The summed E-state index contributed by atoms with van der Waals surface area (Å²) in [6.45, 7) is 0.869. The molecule has 0 radical (unpaired) electrons. The quantitative estimate of drug-likeness (QED) is 0.626. The van der Waals surface area contributed by atoms with Crippen LogP contribution >= 0.6 is 0 Å². The topological polar surface area (TPSA) is 55.8 Å². The normalized spacial score (nSPS) is 10.4. The number of nitrogens with zero attached hydrogens (tertiary/aromatic N) is 1. The van der Waals surface area contributed by atoms with Crippen molar-refractivity contribution in [3.8, 4) is 5.75 Å². The molecule has 0 aliphatic rings. The maximum Gasteiger partial charge on any atom is 0.337 e. The molecular weight excluding hydrogens is 342 g/mol. The Labute approximate surface area is 158 Å². The standard InChI is InChI=1S/C22H21NO4/c1-23(21(24)16-6-4-3-5-7-16)12-13-27-20-11-10-17-14-19(22(25)26-2)9-8-18(17)15-20/h3-11,14-15H,12-13H2,1-2H3. The molecule has 3 rings (SSSR count). The number of esters is 1. The van der Waals surface area contributed by atoms with Gasteiger partial charge in [0.15, 0.2) is 0 Å². The van der Waals surface area contributed by atoms with Crippen molar-refractivity contribution in [3.05, 3.63) is 77.9 Å². The van der Waals surface area contributed by atoms with Crippen molar-refractivity contribution in [3.63, 3.8) is 0 Å². The summed E-state index contributed by atoms with van der Waals surface area (Å²) in [5.41, 5.74) is 1.17. The van der Waals surface area contributed by atoms with Crippen LogP contribution in [0.5, 0.6) is 5.75 Å². The van der Waals surface area contributed by atoms with Crippen LogP contribution in [0.2, 0.25) is 0 Å². The summed E-state index contributed by atoms with van der Waals surface area (Å²) in [7, 11) is 3.12. The first-order valence-electron chi connectivity index (χ1n) is 8.64. The van der Waals surface area contributed by atoms with Crippen LogP contribution in [-0.4, -0.2) is 44.1 Å². The van der Waals surface area contributed by atoms with Crippen molar-refractivity contribution >= 4 is 22.6 Å². The zero-order valence-electron chi connectivity index (χ0n) is 15.3. The fourth-order valence-corrected chi connectivity index (χ4v) is 2.76. The van der Waals surface area contributed by atoms with Crippen LogP contribution in [0.3, 0.4) is 0 Å². The van der Waals surface area contributed by atoms with Crippen LogP contribution in [0.1, 0.15) is 20.7 Å². The van der Waals surface area contributed by atoms with Gasteiger partial charge in [-0.3, -0.25) is 4.79 Å². The SMILES string of the molecule is COC(=O)c1ccc2cc(OCCN(C)C(=O)c3ccccc3)ccc2c1. The Bertz CT molecular complexity index is 953. The number of hydrogen-bond acceptors (Lipinski definition) is 4. The van der Waals surface area contributed by atoms with Crippen LogP contribution in [0.4, 0.5) is 0 Å². The molecular formula is C22H21NO4. The molecule has 5 nitrogen and oxygen atoms in total. The van der Waals surface area contributed by atoms with Gasteiger partial charge in [0.2, 0.25) is 0 Å². The van der Waals surface area contributed by atoms with E-state index in [1.807, 2.05) is 42.5 Å². The number of carbonyl (C=O) groups is 2. The van der Waals surface area contributed by atoms with Crippen molar-refractivity contribution in [2.75, 3.05) is 27.3 Å². The number of fused-ring (bicyclic) bond motifs is 1. The maximum absolute atomic E-state index is 12.3. The van der Waals surface area contributed by atoms with Crippen molar-refractivity contribution in [2.24, 2.45) is 0 Å². The average Bonchev–Trinajstić information content (AvgIpc) is 2.72. The van der Waals surface area contributed by atoms with Gasteiger partial charge in [-0.25, -0.2) is 4.79 Å². The van der Waals surface area contributed by atoms with Crippen LogP contribution in [-0.2, 0) is 4.74 Å². The summed E-state index contributed by atoms with van der Waals surface area (Å²) in [6, 6.07) is 20.2. The van der Waals surface area contributed by atoms with Crippen molar-refractivity contribution in [1.29, 1.82) is 0 Å². The van der Waals surface area contributed by atoms with E-state index in [-0.39, 0.29) is 11.9 Å². The Morgan fingerprint density at radius 1 is 0.889 bits per heavy atom. The fraction of sp³-hybridized carbons (Fsp3) is 0.182. The molecule has 0 spiro atoms. The van der Waals surface area contributed by atoms with E-state index in [4.69, 9.17) is 9.47 Å². The molecule has 3 aromatic carbocycles. The summed E-state index contributed by atoms with van der Waals surface area (Å²) in [5, 5.41) is 1.90. The second-order valence-electron chi connectivity index (χ2n) is 6.16. The van der Waals surface area contributed by atoms with Gasteiger partial charge in [-0.1, -0.05) is 30.3 Å². The zero-order valence-corrected chi connectivity index (χ0v) is 15.3. The second kappa shape index (κ2) is 8.36. The Balaban J connectivity index is 1.60. The third-order valence-electron chi connectivity index (χ3n) is 4.30. The number of rotatable bonds is 6. The first-order chi connectivity index (χ1) is 13.1. The van der Waals surface area contributed by atoms with Crippen LogP contribution in [0.15, 0.2) is 66.7 Å². The minimum atomic E-state index is -0.358. The highest BCUT2D eigenvalue weighted by Gasteiger charge is 2.11. The van der Waals surface area contributed by atoms with Crippen molar-refractivity contribution < 1.29 is 19.1 Å². The lowest BCUT2D eigenvalue weighted by Gasteiger charge is -2.17. The molecule has 0 bridgehead atoms. The van der Waals surface area contributed by atoms with Gasteiger partial charge in [0.05, 0.1) is 19.2 Å². The zero-order chi connectivity index (χ0) is 19.2. The molecule has 0 heterocycles. The molecule has 0 aromatic heterocycles. The molecule has 0 fully saturated rings. The first kappa shape index (κ1) is 18.5. The number of carbonyl (C=O) groups excluding carboxylic acids is 2. The van der Waals surface area contributed by atoms with E-state index in [1.165, 1.54) is 7.11 Å². The van der Waals surface area contributed by atoms with E-state index in [9.17, 15) is 9.59 Å². The highest BCUT2D eigenvalue weighted by Crippen LogP contribution is 2.22. The maximum atomic E-state index is 12.3. The predicted octanol–water partition coefficient (Wildman–Crippen LogP) is 3.78. The Morgan fingerprint density at radius 3 is 2.33 bits per heavy atom. The van der Waals surface area contributed by atoms with E-state index in [0.717, 1.165) is 10.8 Å². The monoisotopic (exact) mass is 363 g/mol. The molecule has 0 unspecified atom stereocenters. The summed E-state index contributed by atoms with van der Waals surface area (Å²) in [6.07, 6.45) is 0. The number of benzene rings is 3. The van der Waals surface area contributed by atoms with E-state index < -0.39 is 0 Å². The highest BCUT2D eigenvalue weighted by atomic mass is 16.5. The molecule has 138 valence electrons. The molecule has 3 aromatic rings. The Morgan fingerprint density at radius 2 is 1.59 bits per heavy atom. The molecule has 0 aliphatic carbocycles. The molecule has 0 aliphatic heterocycles. The molecule has 5 heteroatoms. The van der Waals surface area contributed by atoms with Crippen molar-refractivity contribution in [2.45, 2.75) is 0 Å². The second-order valence-corrected chi connectivity index (χ2v) is 6.16. The molecule has 27 heavy (non-hydrogen) atoms. The summed E-state index contributed by atoms with van der Waals surface area (Å²) in [4.78, 5) is 25.6. The summed E-state index contributed by atoms with van der Waals surface area (Å²) >= 11 is 0. The van der Waals surface area contributed by atoms with E-state index >= 15 is 0 Å². The highest BCUT2D eigenvalue weighted by molar-refractivity contribution is 5.95. The smallest absolute Gasteiger partial charge is 0.337 e. The average molecular weight is 363 g/mol. The predicted molar refractivity (Wildman–Crippen MR) is 104 cm³/mol. The van der Waals surface area contributed by atoms with Gasteiger partial charge in [-0.2, -0.15) is 0 Å². The number of likely N-dealkylation sites (N-methyl/N-ethyl adjacent to an activating group) is 1. The molecule has 0 saturated heterocycles. The van der Waals surface area contributed by atoms with Gasteiger partial charge < -0.3 is 14.4 Å². The summed E-state index contributed by atoms with van der Waals surface area (Å²) < 4.78 is 10.5. The van der Waals surface area contributed by atoms with E-state index in [0.29, 0.717) is 30.0 Å². The molecule has 1 amide bonds. The number of ether oxygens (including phenoxy) is 2. The van der Waals surface area contributed by atoms with Gasteiger partial charge in [0.1, 0.15) is 12.4 Å². The minimum absolute atomic E-state index is 0.0342. The number of hydrogen-bond donors (Lipinski definition) is 0. The lowest BCUT2D eigenvalue weighted by atomic mass is 10.1. The van der Waals surface area contributed by atoms with Crippen LogP contribution < -0.4 is 4.74 Å². The van der Waals surface area contributed by atoms with Crippen LogP contribution in [0.25, 0.3) is 10.8 Å². The van der Waals surface area contributed by atoms with Crippen LogP contribution in [0, 0.1) is 0 Å². The van der Waals surface area contributed by atoms with Gasteiger partial charge in [0, 0.05) is 12.6 Å². The van der Waals surface area contributed by atoms with Gasteiger partial charge in [-0.15, -0.1) is 0 Å². The van der Waals surface area contributed by atoms with Gasteiger partial charge >= 0.3 is 5.97 Å². The summed E-state index contributed by atoms with van der Waals surface area (Å²) in [5.74, 6) is 0.324. The Kier molecular flexibility index (Phi) is 5.71. The third kappa shape index (κ3) is 4.44. The lowest BCUT2D eigenvalue weighted by molar-refractivity contribution is 0.0600. The first-order valence-corrected chi connectivity index (χ1v) is 8.64. The number of methoxy groups -OCH3 is 1. The van der Waals surface area contributed by atoms with E-state index in [1.54, 1.807) is 36.2 Å². The van der Waals surface area contributed by atoms with Gasteiger partial charge in [-0.05, 0) is 47.2 Å². The molecule has 0 saturated carbocycles. The Hall–Kier alpha value is -3.34. The van der Waals surface area contributed by atoms with Crippen molar-refractivity contribution in [1.82, 2.24) is 4.90 Å². The molecule has 0 atom stereocenters. The largest absolute Gasteiger partial charge is 0.492 e. The number of amides is 1. The van der Waals surface area contributed by atoms with E-state index in [2.05, 4.69) is 0 Å². The van der Waals surface area contributed by atoms with Gasteiger partial charge in [0.25, 0.3) is 5.91 Å². The molecule has 0 N–H and O–H groups in total. The fourth-order valence-electron chi connectivity index (χ4n) is 2.76. The lowest BCUT2D eigenvalue weighted by Crippen LogP contribution is -2.30. The minimum Gasteiger partial charge on any atom is -0.492 e. The third-order valence-corrected chi connectivity index (χ3v) is 4.30.